The highest BCUT2D eigenvalue weighted by atomic mass is 16.2. The van der Waals surface area contributed by atoms with E-state index >= 15 is 0 Å². The molecule has 0 aromatic heterocycles. The SMILES string of the molecule is CC1CN(C)CCN1C(=O)c1ccccc1C#CCCO. The number of rotatable bonds is 2. The summed E-state index contributed by atoms with van der Waals surface area (Å²) in [5, 5.41) is 8.80. The second-order valence-corrected chi connectivity index (χ2v) is 5.43. The summed E-state index contributed by atoms with van der Waals surface area (Å²) < 4.78 is 0. The molecule has 1 atom stereocenters. The molecule has 4 nitrogen and oxygen atoms in total. The van der Waals surface area contributed by atoms with Crippen molar-refractivity contribution in [3.63, 3.8) is 0 Å². The first-order valence-electron chi connectivity index (χ1n) is 7.31. The van der Waals surface area contributed by atoms with Crippen LogP contribution in [0.5, 0.6) is 0 Å². The molecular formula is C17H22N2O2. The quantitative estimate of drug-likeness (QED) is 0.831. The number of likely N-dealkylation sites (N-methyl/N-ethyl adjacent to an activating group) is 1. The molecule has 1 aromatic carbocycles. The number of benzene rings is 1. The van der Waals surface area contributed by atoms with Gasteiger partial charge < -0.3 is 14.9 Å². The lowest BCUT2D eigenvalue weighted by Gasteiger charge is -2.38. The van der Waals surface area contributed by atoms with Crippen LogP contribution in [0.2, 0.25) is 0 Å². The van der Waals surface area contributed by atoms with E-state index in [2.05, 4.69) is 30.7 Å². The minimum absolute atomic E-state index is 0.0403. The summed E-state index contributed by atoms with van der Waals surface area (Å²) >= 11 is 0. The minimum atomic E-state index is 0.0403. The smallest absolute Gasteiger partial charge is 0.255 e. The Morgan fingerprint density at radius 3 is 2.86 bits per heavy atom. The number of piperazine rings is 1. The molecule has 1 aliphatic rings. The van der Waals surface area contributed by atoms with Crippen molar-refractivity contribution in [2.75, 3.05) is 33.3 Å². The summed E-state index contributed by atoms with van der Waals surface area (Å²) in [6.45, 7) is 4.65. The van der Waals surface area contributed by atoms with Crippen molar-refractivity contribution < 1.29 is 9.90 Å². The molecule has 1 saturated heterocycles. The van der Waals surface area contributed by atoms with Gasteiger partial charge in [0.2, 0.25) is 0 Å². The lowest BCUT2D eigenvalue weighted by molar-refractivity contribution is 0.0533. The second-order valence-electron chi connectivity index (χ2n) is 5.43. The maximum atomic E-state index is 12.8. The zero-order valence-electron chi connectivity index (χ0n) is 12.7. The molecule has 0 spiro atoms. The Bertz CT molecular complexity index is 559. The van der Waals surface area contributed by atoms with E-state index < -0.39 is 0 Å². The number of carbonyl (C=O) groups excluding carboxylic acids is 1. The van der Waals surface area contributed by atoms with Gasteiger partial charge in [0.05, 0.1) is 12.2 Å². The molecule has 0 aliphatic carbocycles. The first-order chi connectivity index (χ1) is 10.1. The molecular weight excluding hydrogens is 264 g/mol. The summed E-state index contributed by atoms with van der Waals surface area (Å²) in [6.07, 6.45) is 0.424. The van der Waals surface area contributed by atoms with E-state index in [1.807, 2.05) is 29.2 Å². The summed E-state index contributed by atoms with van der Waals surface area (Å²) in [5.74, 6) is 5.92. The van der Waals surface area contributed by atoms with Crippen molar-refractivity contribution in [3.05, 3.63) is 35.4 Å². The fraction of sp³-hybridized carbons (Fsp3) is 0.471. The molecule has 2 rings (SSSR count). The molecule has 21 heavy (non-hydrogen) atoms. The van der Waals surface area contributed by atoms with Crippen LogP contribution in [0.1, 0.15) is 29.3 Å². The van der Waals surface area contributed by atoms with Gasteiger partial charge in [0, 0.05) is 37.7 Å². The van der Waals surface area contributed by atoms with Gasteiger partial charge in [0.15, 0.2) is 0 Å². The number of aliphatic hydroxyl groups excluding tert-OH is 1. The van der Waals surface area contributed by atoms with Crippen molar-refractivity contribution in [1.82, 2.24) is 9.80 Å². The summed E-state index contributed by atoms with van der Waals surface area (Å²) in [4.78, 5) is 16.9. The summed E-state index contributed by atoms with van der Waals surface area (Å²) in [6, 6.07) is 7.64. The van der Waals surface area contributed by atoms with Crippen molar-refractivity contribution in [2.24, 2.45) is 0 Å². The molecule has 1 aliphatic heterocycles. The van der Waals surface area contributed by atoms with E-state index in [0.29, 0.717) is 12.0 Å². The van der Waals surface area contributed by atoms with E-state index in [9.17, 15) is 4.79 Å². The van der Waals surface area contributed by atoms with Gasteiger partial charge in [-0.3, -0.25) is 4.79 Å². The molecule has 1 unspecified atom stereocenters. The zero-order valence-corrected chi connectivity index (χ0v) is 12.7. The third-order valence-corrected chi connectivity index (χ3v) is 3.71. The molecule has 1 fully saturated rings. The van der Waals surface area contributed by atoms with Crippen molar-refractivity contribution >= 4 is 5.91 Å². The normalized spacial score (nSPS) is 19.0. The molecule has 112 valence electrons. The monoisotopic (exact) mass is 286 g/mol. The van der Waals surface area contributed by atoms with Crippen LogP contribution in [0.3, 0.4) is 0 Å². The van der Waals surface area contributed by atoms with E-state index in [0.717, 1.165) is 25.2 Å². The molecule has 0 saturated carbocycles. The number of hydrogen-bond acceptors (Lipinski definition) is 3. The van der Waals surface area contributed by atoms with E-state index in [1.54, 1.807) is 0 Å². The van der Waals surface area contributed by atoms with E-state index in [-0.39, 0.29) is 18.6 Å². The maximum Gasteiger partial charge on any atom is 0.255 e. The van der Waals surface area contributed by atoms with Gasteiger partial charge in [-0.1, -0.05) is 24.0 Å². The standard InChI is InChI=1S/C17H22N2O2/c1-14-13-18(2)10-11-19(14)17(21)16-9-4-3-7-15(16)8-5-6-12-20/h3-4,7,9,14,20H,6,10-13H2,1-2H3. The van der Waals surface area contributed by atoms with Crippen LogP contribution in [-0.4, -0.2) is 60.1 Å². The fourth-order valence-electron chi connectivity index (χ4n) is 2.59. The topological polar surface area (TPSA) is 43.8 Å². The highest BCUT2D eigenvalue weighted by molar-refractivity contribution is 5.97. The number of aliphatic hydroxyl groups is 1. The van der Waals surface area contributed by atoms with E-state index in [4.69, 9.17) is 5.11 Å². The van der Waals surface area contributed by atoms with Crippen LogP contribution < -0.4 is 0 Å². The summed E-state index contributed by atoms with van der Waals surface area (Å²) in [7, 11) is 2.08. The third kappa shape index (κ3) is 3.84. The van der Waals surface area contributed by atoms with Crippen LogP contribution in [-0.2, 0) is 0 Å². The molecule has 1 N–H and O–H groups in total. The van der Waals surface area contributed by atoms with Crippen LogP contribution in [0.4, 0.5) is 0 Å². The first kappa shape index (κ1) is 15.6. The minimum Gasteiger partial charge on any atom is -0.395 e. The van der Waals surface area contributed by atoms with Crippen molar-refractivity contribution in [3.8, 4) is 11.8 Å². The Morgan fingerprint density at radius 2 is 2.14 bits per heavy atom. The zero-order chi connectivity index (χ0) is 15.2. The predicted octanol–water partition coefficient (Wildman–Crippen LogP) is 1.20. The highest BCUT2D eigenvalue weighted by Gasteiger charge is 2.27. The fourth-order valence-corrected chi connectivity index (χ4v) is 2.59. The average Bonchev–Trinajstić information content (AvgIpc) is 2.47. The van der Waals surface area contributed by atoms with Gasteiger partial charge >= 0.3 is 0 Å². The number of nitrogens with zero attached hydrogens (tertiary/aromatic N) is 2. The Kier molecular flexibility index (Phi) is 5.38. The van der Waals surface area contributed by atoms with Gasteiger partial charge in [-0.05, 0) is 26.1 Å². The summed E-state index contributed by atoms with van der Waals surface area (Å²) in [5.41, 5.74) is 1.39. The molecule has 1 heterocycles. The Balaban J connectivity index is 2.21. The number of hydrogen-bond donors (Lipinski definition) is 1. The van der Waals surface area contributed by atoms with Crippen LogP contribution >= 0.6 is 0 Å². The van der Waals surface area contributed by atoms with Crippen molar-refractivity contribution in [2.45, 2.75) is 19.4 Å². The maximum absolute atomic E-state index is 12.8. The molecule has 1 aromatic rings. The van der Waals surface area contributed by atoms with Gasteiger partial charge in [-0.15, -0.1) is 0 Å². The highest BCUT2D eigenvalue weighted by Crippen LogP contribution is 2.16. The van der Waals surface area contributed by atoms with Gasteiger partial charge in [0.1, 0.15) is 0 Å². The Morgan fingerprint density at radius 1 is 1.38 bits per heavy atom. The first-order valence-corrected chi connectivity index (χ1v) is 7.31. The largest absolute Gasteiger partial charge is 0.395 e. The van der Waals surface area contributed by atoms with Gasteiger partial charge in [-0.25, -0.2) is 0 Å². The van der Waals surface area contributed by atoms with E-state index in [1.165, 1.54) is 0 Å². The lowest BCUT2D eigenvalue weighted by atomic mass is 10.0. The average molecular weight is 286 g/mol. The second kappa shape index (κ2) is 7.26. The molecule has 1 amide bonds. The Labute approximate surface area is 126 Å². The predicted molar refractivity (Wildman–Crippen MR) is 83.0 cm³/mol. The number of carbonyl (C=O) groups is 1. The third-order valence-electron chi connectivity index (χ3n) is 3.71. The van der Waals surface area contributed by atoms with Crippen molar-refractivity contribution in [1.29, 1.82) is 0 Å². The van der Waals surface area contributed by atoms with Gasteiger partial charge in [-0.2, -0.15) is 0 Å². The molecule has 0 bridgehead atoms. The number of amides is 1. The van der Waals surface area contributed by atoms with Crippen LogP contribution in [0.25, 0.3) is 0 Å². The van der Waals surface area contributed by atoms with Crippen LogP contribution in [0, 0.1) is 11.8 Å². The molecule has 4 heteroatoms. The van der Waals surface area contributed by atoms with Gasteiger partial charge in [0.25, 0.3) is 5.91 Å². The Hall–Kier alpha value is -1.83. The van der Waals surface area contributed by atoms with Crippen LogP contribution in [0.15, 0.2) is 24.3 Å². The molecule has 0 radical (unpaired) electrons. The lowest BCUT2D eigenvalue weighted by Crippen LogP contribution is -2.52.